The van der Waals surface area contributed by atoms with Gasteiger partial charge in [0.2, 0.25) is 5.91 Å². The minimum atomic E-state index is -0.490. The van der Waals surface area contributed by atoms with Gasteiger partial charge < -0.3 is 14.4 Å². The molecule has 0 atom stereocenters. The monoisotopic (exact) mass is 399 g/mol. The fourth-order valence-corrected chi connectivity index (χ4v) is 4.04. The number of piperidine rings is 1. The van der Waals surface area contributed by atoms with E-state index in [4.69, 9.17) is 21.1 Å². The molecule has 28 heavy (non-hydrogen) atoms. The predicted molar refractivity (Wildman–Crippen MR) is 106 cm³/mol. The van der Waals surface area contributed by atoms with Crippen LogP contribution in [-0.2, 0) is 4.79 Å². The van der Waals surface area contributed by atoms with E-state index in [9.17, 15) is 9.59 Å². The van der Waals surface area contributed by atoms with Gasteiger partial charge in [0.05, 0.1) is 30.0 Å². The van der Waals surface area contributed by atoms with Crippen molar-refractivity contribution in [3.05, 3.63) is 59.1 Å². The first-order valence-electron chi connectivity index (χ1n) is 9.53. The maximum Gasteiger partial charge on any atom is 0.226 e. The minimum absolute atomic E-state index is 0.0458. The molecule has 2 aliphatic heterocycles. The SMILES string of the molecule is O=C1CC2(CCN(C(=O)CCOc3ccccc3Cl)CC2)Oc2ccccc21. The van der Waals surface area contributed by atoms with Crippen LogP contribution in [0.5, 0.6) is 11.5 Å². The molecular formula is C22H22ClNO4. The Hall–Kier alpha value is -2.53. The van der Waals surface area contributed by atoms with Crippen molar-refractivity contribution in [2.24, 2.45) is 0 Å². The summed E-state index contributed by atoms with van der Waals surface area (Å²) >= 11 is 6.06. The lowest BCUT2D eigenvalue weighted by molar-refractivity contribution is -0.135. The third-order valence-electron chi connectivity index (χ3n) is 5.43. The van der Waals surface area contributed by atoms with Crippen molar-refractivity contribution in [3.8, 4) is 11.5 Å². The lowest BCUT2D eigenvalue weighted by atomic mass is 9.82. The zero-order chi connectivity index (χ0) is 19.6. The largest absolute Gasteiger partial charge is 0.491 e. The Balaban J connectivity index is 1.30. The summed E-state index contributed by atoms with van der Waals surface area (Å²) in [5, 5.41) is 0.536. The zero-order valence-electron chi connectivity index (χ0n) is 15.5. The average Bonchev–Trinajstić information content (AvgIpc) is 2.70. The van der Waals surface area contributed by atoms with E-state index in [-0.39, 0.29) is 18.3 Å². The molecule has 1 spiro atoms. The summed E-state index contributed by atoms with van der Waals surface area (Å²) in [6.07, 6.45) is 1.98. The van der Waals surface area contributed by atoms with Gasteiger partial charge >= 0.3 is 0 Å². The minimum Gasteiger partial charge on any atom is -0.491 e. The van der Waals surface area contributed by atoms with Crippen LogP contribution in [0.4, 0.5) is 0 Å². The first kappa shape index (κ1) is 18.8. The van der Waals surface area contributed by atoms with Crippen molar-refractivity contribution in [2.45, 2.75) is 31.3 Å². The lowest BCUT2D eigenvalue weighted by Crippen LogP contribution is -2.52. The molecule has 1 amide bonds. The van der Waals surface area contributed by atoms with Crippen LogP contribution in [-0.4, -0.2) is 41.9 Å². The molecule has 4 rings (SSSR count). The molecule has 2 aromatic carbocycles. The van der Waals surface area contributed by atoms with Gasteiger partial charge in [0, 0.05) is 25.9 Å². The van der Waals surface area contributed by atoms with Crippen molar-refractivity contribution in [1.29, 1.82) is 0 Å². The number of hydrogen-bond donors (Lipinski definition) is 0. The van der Waals surface area contributed by atoms with Crippen LogP contribution in [0.2, 0.25) is 5.02 Å². The van der Waals surface area contributed by atoms with Crippen LogP contribution in [0.25, 0.3) is 0 Å². The Labute approximate surface area is 169 Å². The normalized spacial score (nSPS) is 17.8. The average molecular weight is 400 g/mol. The second-order valence-corrected chi connectivity index (χ2v) is 7.70. The summed E-state index contributed by atoms with van der Waals surface area (Å²) in [5.74, 6) is 1.41. The molecule has 0 N–H and O–H groups in total. The number of ketones is 1. The standard InChI is InChI=1S/C22H22ClNO4/c23-17-6-2-4-8-20(17)27-14-9-21(26)24-12-10-22(11-13-24)15-18(25)16-5-1-3-7-19(16)28-22/h1-8H,9-15H2. The van der Waals surface area contributed by atoms with Crippen LogP contribution >= 0.6 is 11.6 Å². The van der Waals surface area contributed by atoms with Crippen molar-refractivity contribution in [3.63, 3.8) is 0 Å². The third-order valence-corrected chi connectivity index (χ3v) is 5.75. The fraction of sp³-hybridized carbons (Fsp3) is 0.364. The Bertz CT molecular complexity index is 890. The van der Waals surface area contributed by atoms with Gasteiger partial charge in [-0.3, -0.25) is 9.59 Å². The Morgan fingerprint density at radius 3 is 2.61 bits per heavy atom. The number of benzene rings is 2. The smallest absolute Gasteiger partial charge is 0.226 e. The summed E-state index contributed by atoms with van der Waals surface area (Å²) in [4.78, 5) is 26.8. The number of carbonyl (C=O) groups excluding carboxylic acids is 2. The quantitative estimate of drug-likeness (QED) is 0.775. The van der Waals surface area contributed by atoms with Crippen molar-refractivity contribution in [1.82, 2.24) is 4.90 Å². The maximum atomic E-state index is 12.5. The number of halogens is 1. The van der Waals surface area contributed by atoms with Crippen LogP contribution in [0.15, 0.2) is 48.5 Å². The molecule has 0 radical (unpaired) electrons. The molecule has 0 aromatic heterocycles. The number of fused-ring (bicyclic) bond motifs is 1. The van der Waals surface area contributed by atoms with Crippen LogP contribution < -0.4 is 9.47 Å². The van der Waals surface area contributed by atoms with Gasteiger partial charge in [0.1, 0.15) is 17.1 Å². The topological polar surface area (TPSA) is 55.8 Å². The second-order valence-electron chi connectivity index (χ2n) is 7.29. The highest BCUT2D eigenvalue weighted by Gasteiger charge is 2.43. The van der Waals surface area contributed by atoms with Crippen molar-refractivity contribution < 1.29 is 19.1 Å². The molecule has 5 nitrogen and oxygen atoms in total. The molecule has 6 heteroatoms. The fourth-order valence-electron chi connectivity index (χ4n) is 3.85. The number of para-hydroxylation sites is 2. The highest BCUT2D eigenvalue weighted by atomic mass is 35.5. The van der Waals surface area contributed by atoms with Crippen molar-refractivity contribution in [2.75, 3.05) is 19.7 Å². The summed E-state index contributed by atoms with van der Waals surface area (Å²) in [6, 6.07) is 14.6. The predicted octanol–water partition coefficient (Wildman–Crippen LogP) is 4.14. The lowest BCUT2D eigenvalue weighted by Gasteiger charge is -2.44. The molecule has 146 valence electrons. The molecule has 1 fully saturated rings. The molecule has 2 heterocycles. The van der Waals surface area contributed by atoms with Gasteiger partial charge in [-0.2, -0.15) is 0 Å². The number of ether oxygens (including phenoxy) is 2. The molecule has 0 saturated carbocycles. The van der Waals surface area contributed by atoms with Gasteiger partial charge in [0.15, 0.2) is 5.78 Å². The van der Waals surface area contributed by atoms with Crippen LogP contribution in [0.3, 0.4) is 0 Å². The van der Waals surface area contributed by atoms with E-state index in [0.29, 0.717) is 60.9 Å². The molecule has 1 saturated heterocycles. The highest BCUT2D eigenvalue weighted by molar-refractivity contribution is 6.32. The number of carbonyl (C=O) groups is 2. The first-order chi connectivity index (χ1) is 13.6. The molecule has 0 bridgehead atoms. The van der Waals surface area contributed by atoms with Crippen molar-refractivity contribution >= 4 is 23.3 Å². The molecular weight excluding hydrogens is 378 g/mol. The van der Waals surface area contributed by atoms with E-state index in [1.165, 1.54) is 0 Å². The number of Topliss-reactive ketones (excluding diaryl/α,β-unsaturated/α-hetero) is 1. The summed E-state index contributed by atoms with van der Waals surface area (Å²) in [7, 11) is 0. The molecule has 0 aliphatic carbocycles. The third kappa shape index (κ3) is 3.85. The Morgan fingerprint density at radius 2 is 1.82 bits per heavy atom. The highest BCUT2D eigenvalue weighted by Crippen LogP contribution is 2.39. The van der Waals surface area contributed by atoms with Gasteiger partial charge in [-0.05, 0) is 24.3 Å². The van der Waals surface area contributed by atoms with Gasteiger partial charge in [-0.25, -0.2) is 0 Å². The van der Waals surface area contributed by atoms with E-state index in [1.807, 2.05) is 41.3 Å². The molecule has 0 unspecified atom stereocenters. The van der Waals surface area contributed by atoms with E-state index in [2.05, 4.69) is 0 Å². The van der Waals surface area contributed by atoms with E-state index in [1.54, 1.807) is 12.1 Å². The van der Waals surface area contributed by atoms with Gasteiger partial charge in [-0.15, -0.1) is 0 Å². The molecule has 2 aliphatic rings. The summed E-state index contributed by atoms with van der Waals surface area (Å²) in [5.41, 5.74) is 0.166. The Kier molecular flexibility index (Phi) is 5.27. The number of nitrogens with zero attached hydrogens (tertiary/aromatic N) is 1. The van der Waals surface area contributed by atoms with Crippen LogP contribution in [0, 0.1) is 0 Å². The molecule has 2 aromatic rings. The van der Waals surface area contributed by atoms with Gasteiger partial charge in [-0.1, -0.05) is 35.9 Å². The summed E-state index contributed by atoms with van der Waals surface area (Å²) < 4.78 is 11.8. The van der Waals surface area contributed by atoms with E-state index < -0.39 is 5.60 Å². The number of likely N-dealkylation sites (tertiary alicyclic amines) is 1. The Morgan fingerprint density at radius 1 is 1.11 bits per heavy atom. The number of hydrogen-bond acceptors (Lipinski definition) is 4. The zero-order valence-corrected chi connectivity index (χ0v) is 16.3. The van der Waals surface area contributed by atoms with E-state index in [0.717, 1.165) is 0 Å². The van der Waals surface area contributed by atoms with Gasteiger partial charge in [0.25, 0.3) is 0 Å². The second kappa shape index (κ2) is 7.84. The first-order valence-corrected chi connectivity index (χ1v) is 9.90. The summed E-state index contributed by atoms with van der Waals surface area (Å²) in [6.45, 7) is 1.45. The van der Waals surface area contributed by atoms with E-state index >= 15 is 0 Å². The maximum absolute atomic E-state index is 12.5. The van der Waals surface area contributed by atoms with Crippen LogP contribution in [0.1, 0.15) is 36.0 Å². The number of rotatable bonds is 4. The number of amides is 1.